The van der Waals surface area contributed by atoms with Crippen molar-refractivity contribution in [3.8, 4) is 0 Å². The fourth-order valence-electron chi connectivity index (χ4n) is 4.02. The largest absolute Gasteiger partial charge is 0.370 e. The monoisotopic (exact) mass is 574 g/mol. The van der Waals surface area contributed by atoms with Crippen molar-refractivity contribution >= 4 is 40.0 Å². The van der Waals surface area contributed by atoms with Crippen LogP contribution in [-0.4, -0.2) is 73.2 Å². The van der Waals surface area contributed by atoms with Crippen LogP contribution >= 0.6 is 24.0 Å². The minimum Gasteiger partial charge on any atom is -0.370 e. The molecule has 11 heteroatoms. The number of benzene rings is 1. The first kappa shape index (κ1) is 24.9. The molecule has 0 spiro atoms. The average Bonchev–Trinajstić information content (AvgIpc) is 3.47. The van der Waals surface area contributed by atoms with Gasteiger partial charge >= 0.3 is 0 Å². The number of nitrogens with zero attached hydrogens (tertiary/aromatic N) is 5. The average molecular weight is 574 g/mol. The number of morpholine rings is 1. The molecule has 0 amide bonds. The molecule has 0 radical (unpaired) electrons. The lowest BCUT2D eigenvalue weighted by atomic mass is 10.1. The van der Waals surface area contributed by atoms with Crippen molar-refractivity contribution < 1.29 is 13.2 Å². The molecular formula is C21H31IN6O3S. The van der Waals surface area contributed by atoms with E-state index in [4.69, 9.17) is 4.74 Å². The standard InChI is InChI=1S/C21H30N6O3S.HI/c1-22-21(26-11-12-30-20(16-26)18-14-24-25(2)15-18)23-13-17-5-7-19(8-6-17)31(28,29)27-9-3-4-10-27;/h5-8,14-15,20H,3-4,9-13,16H2,1-2H3,(H,22,23);1H. The number of nitrogens with one attached hydrogen (secondary N) is 1. The third kappa shape index (κ3) is 5.61. The van der Waals surface area contributed by atoms with Crippen LogP contribution in [0.2, 0.25) is 0 Å². The van der Waals surface area contributed by atoms with Crippen LogP contribution in [0.5, 0.6) is 0 Å². The number of aliphatic imine (C=N–C) groups is 1. The highest BCUT2D eigenvalue weighted by atomic mass is 127. The van der Waals surface area contributed by atoms with Gasteiger partial charge in [-0.25, -0.2) is 8.42 Å². The summed E-state index contributed by atoms with van der Waals surface area (Å²) >= 11 is 0. The Labute approximate surface area is 206 Å². The molecule has 0 saturated carbocycles. The van der Waals surface area contributed by atoms with Crippen molar-refractivity contribution in [1.29, 1.82) is 0 Å². The molecule has 3 heterocycles. The van der Waals surface area contributed by atoms with Gasteiger partial charge in [0.25, 0.3) is 0 Å². The molecule has 2 aliphatic heterocycles. The van der Waals surface area contributed by atoms with Crippen molar-refractivity contribution in [2.24, 2.45) is 12.0 Å². The summed E-state index contributed by atoms with van der Waals surface area (Å²) in [5, 5.41) is 7.62. The van der Waals surface area contributed by atoms with Gasteiger partial charge < -0.3 is 15.0 Å². The predicted octanol–water partition coefficient (Wildman–Crippen LogP) is 1.97. The smallest absolute Gasteiger partial charge is 0.243 e. The molecule has 176 valence electrons. The molecule has 1 N–H and O–H groups in total. The Morgan fingerprint density at radius 3 is 2.56 bits per heavy atom. The van der Waals surface area contributed by atoms with E-state index in [0.29, 0.717) is 37.7 Å². The number of guanidine groups is 1. The highest BCUT2D eigenvalue weighted by Crippen LogP contribution is 2.22. The van der Waals surface area contributed by atoms with E-state index in [-0.39, 0.29) is 30.1 Å². The van der Waals surface area contributed by atoms with Gasteiger partial charge in [-0.1, -0.05) is 12.1 Å². The normalized spacial score (nSPS) is 20.2. The summed E-state index contributed by atoms with van der Waals surface area (Å²) in [5.74, 6) is 0.797. The number of aryl methyl sites for hydroxylation is 1. The van der Waals surface area contributed by atoms with Crippen LogP contribution in [0.25, 0.3) is 0 Å². The zero-order valence-electron chi connectivity index (χ0n) is 18.5. The number of ether oxygens (including phenoxy) is 1. The SMILES string of the molecule is CN=C(NCc1ccc(S(=O)(=O)N2CCCC2)cc1)N1CCOC(c2cnn(C)c2)C1.I. The van der Waals surface area contributed by atoms with Gasteiger partial charge in [0.1, 0.15) is 6.10 Å². The molecule has 32 heavy (non-hydrogen) atoms. The summed E-state index contributed by atoms with van der Waals surface area (Å²) in [6, 6.07) is 7.11. The number of aromatic nitrogens is 2. The van der Waals surface area contributed by atoms with Gasteiger partial charge in [-0.15, -0.1) is 24.0 Å². The van der Waals surface area contributed by atoms with Crippen molar-refractivity contribution in [2.45, 2.75) is 30.4 Å². The minimum atomic E-state index is -3.38. The predicted molar refractivity (Wildman–Crippen MR) is 134 cm³/mol. The van der Waals surface area contributed by atoms with E-state index in [0.717, 1.165) is 36.5 Å². The molecule has 2 aliphatic rings. The fourth-order valence-corrected chi connectivity index (χ4v) is 5.54. The Kier molecular flexibility index (Phi) is 8.53. The third-order valence-electron chi connectivity index (χ3n) is 5.75. The molecule has 2 fully saturated rings. The lowest BCUT2D eigenvalue weighted by Gasteiger charge is -2.34. The summed E-state index contributed by atoms with van der Waals surface area (Å²) in [6.07, 6.45) is 5.63. The van der Waals surface area contributed by atoms with Crippen molar-refractivity contribution in [3.63, 3.8) is 0 Å². The maximum absolute atomic E-state index is 12.7. The van der Waals surface area contributed by atoms with E-state index < -0.39 is 10.0 Å². The second-order valence-corrected chi connectivity index (χ2v) is 9.85. The Morgan fingerprint density at radius 1 is 1.22 bits per heavy atom. The van der Waals surface area contributed by atoms with E-state index in [2.05, 4.69) is 20.3 Å². The van der Waals surface area contributed by atoms with Gasteiger partial charge in [-0.05, 0) is 30.5 Å². The molecule has 1 aromatic heterocycles. The molecule has 1 aromatic carbocycles. The van der Waals surface area contributed by atoms with Gasteiger partial charge in [0.2, 0.25) is 10.0 Å². The van der Waals surface area contributed by atoms with Crippen LogP contribution in [-0.2, 0) is 28.4 Å². The summed E-state index contributed by atoms with van der Waals surface area (Å²) in [6.45, 7) is 3.85. The van der Waals surface area contributed by atoms with Crippen molar-refractivity contribution in [3.05, 3.63) is 47.8 Å². The Bertz CT molecular complexity index is 1020. The molecule has 4 rings (SSSR count). The number of halogens is 1. The molecule has 1 atom stereocenters. The van der Waals surface area contributed by atoms with Crippen LogP contribution in [0.15, 0.2) is 46.5 Å². The molecule has 2 saturated heterocycles. The van der Waals surface area contributed by atoms with E-state index in [1.807, 2.05) is 31.6 Å². The Morgan fingerprint density at radius 2 is 1.94 bits per heavy atom. The second-order valence-electron chi connectivity index (χ2n) is 7.91. The topological polar surface area (TPSA) is 92.1 Å². The van der Waals surface area contributed by atoms with Crippen LogP contribution in [0.1, 0.15) is 30.1 Å². The molecular weight excluding hydrogens is 543 g/mol. The second kappa shape index (κ2) is 10.9. The number of rotatable bonds is 5. The highest BCUT2D eigenvalue weighted by Gasteiger charge is 2.27. The number of hydrogen-bond donors (Lipinski definition) is 1. The van der Waals surface area contributed by atoms with Crippen LogP contribution in [0.4, 0.5) is 0 Å². The van der Waals surface area contributed by atoms with Gasteiger partial charge in [-0.2, -0.15) is 9.40 Å². The van der Waals surface area contributed by atoms with Crippen molar-refractivity contribution in [2.75, 3.05) is 39.8 Å². The quantitative estimate of drug-likeness (QED) is 0.334. The third-order valence-corrected chi connectivity index (χ3v) is 7.66. The van der Waals surface area contributed by atoms with Crippen LogP contribution in [0, 0.1) is 0 Å². The fraction of sp³-hybridized carbons (Fsp3) is 0.524. The minimum absolute atomic E-state index is 0. The van der Waals surface area contributed by atoms with Gasteiger partial charge in [0.05, 0.1) is 24.2 Å². The first-order valence-electron chi connectivity index (χ1n) is 10.6. The maximum Gasteiger partial charge on any atom is 0.243 e. The summed E-state index contributed by atoms with van der Waals surface area (Å²) in [5.41, 5.74) is 2.05. The van der Waals surface area contributed by atoms with Gasteiger partial charge in [-0.3, -0.25) is 9.67 Å². The maximum atomic E-state index is 12.7. The Hall–Kier alpha value is -1.70. The lowest BCUT2D eigenvalue weighted by molar-refractivity contribution is -0.00805. The Balaban J connectivity index is 0.00000289. The molecule has 0 bridgehead atoms. The summed E-state index contributed by atoms with van der Waals surface area (Å²) in [4.78, 5) is 6.95. The van der Waals surface area contributed by atoms with Crippen LogP contribution < -0.4 is 5.32 Å². The van der Waals surface area contributed by atoms with E-state index >= 15 is 0 Å². The molecule has 9 nitrogen and oxygen atoms in total. The summed E-state index contributed by atoms with van der Waals surface area (Å²) in [7, 11) is 0.282. The van der Waals surface area contributed by atoms with Crippen molar-refractivity contribution in [1.82, 2.24) is 24.3 Å². The zero-order valence-corrected chi connectivity index (χ0v) is 21.6. The first-order valence-corrected chi connectivity index (χ1v) is 12.1. The van der Waals surface area contributed by atoms with Gasteiger partial charge in [0.15, 0.2) is 5.96 Å². The number of hydrogen-bond acceptors (Lipinski definition) is 5. The van der Waals surface area contributed by atoms with E-state index in [1.54, 1.807) is 28.2 Å². The molecule has 2 aromatic rings. The number of sulfonamides is 1. The lowest BCUT2D eigenvalue weighted by Crippen LogP contribution is -2.47. The first-order chi connectivity index (χ1) is 15.0. The highest BCUT2D eigenvalue weighted by molar-refractivity contribution is 14.0. The molecule has 0 aliphatic carbocycles. The van der Waals surface area contributed by atoms with Crippen LogP contribution in [0.3, 0.4) is 0 Å². The van der Waals surface area contributed by atoms with Gasteiger partial charge in [0, 0.05) is 52.0 Å². The van der Waals surface area contributed by atoms with E-state index in [9.17, 15) is 8.42 Å². The van der Waals surface area contributed by atoms with E-state index in [1.165, 1.54) is 0 Å². The summed E-state index contributed by atoms with van der Waals surface area (Å²) < 4.78 is 34.6. The zero-order chi connectivity index (χ0) is 21.8. The molecule has 1 unspecified atom stereocenters.